The van der Waals surface area contributed by atoms with Crippen molar-refractivity contribution in [2.45, 2.75) is 50.8 Å². The van der Waals surface area contributed by atoms with E-state index in [9.17, 15) is 23.1 Å². The van der Waals surface area contributed by atoms with Gasteiger partial charge in [0.1, 0.15) is 23.0 Å². The molecule has 9 heteroatoms. The molecule has 0 radical (unpaired) electrons. The molecule has 1 aliphatic heterocycles. The first-order chi connectivity index (χ1) is 26.9. The van der Waals surface area contributed by atoms with E-state index in [1.807, 2.05) is 86.7 Å². The summed E-state index contributed by atoms with van der Waals surface area (Å²) in [6.45, 7) is 6.59. The van der Waals surface area contributed by atoms with E-state index in [4.69, 9.17) is 14.2 Å². The second kappa shape index (κ2) is 13.8. The van der Waals surface area contributed by atoms with Gasteiger partial charge in [0.15, 0.2) is 5.60 Å². The number of ether oxygens (including phenoxy) is 3. The second-order valence-corrected chi connectivity index (χ2v) is 14.7. The number of para-hydroxylation sites is 1. The average molecular weight is 756 g/mol. The van der Waals surface area contributed by atoms with Crippen LogP contribution in [0.3, 0.4) is 0 Å². The number of anilines is 1. The van der Waals surface area contributed by atoms with Gasteiger partial charge in [-0.15, -0.1) is 0 Å². The normalized spacial score (nSPS) is 16.4. The van der Waals surface area contributed by atoms with Crippen LogP contribution in [-0.2, 0) is 17.2 Å². The van der Waals surface area contributed by atoms with Gasteiger partial charge >= 0.3 is 6.18 Å². The zero-order valence-corrected chi connectivity index (χ0v) is 31.4. The molecule has 6 nitrogen and oxygen atoms in total. The molecule has 1 aliphatic carbocycles. The fourth-order valence-corrected chi connectivity index (χ4v) is 8.05. The summed E-state index contributed by atoms with van der Waals surface area (Å²) in [4.78, 5) is 13.4. The molecule has 1 unspecified atom stereocenters. The number of amides is 1. The fourth-order valence-electron chi connectivity index (χ4n) is 8.05. The maximum atomic E-state index is 14.2. The number of alkyl halides is 3. The van der Waals surface area contributed by atoms with Crippen molar-refractivity contribution in [2.75, 3.05) is 19.0 Å². The number of carbonyl (C=O) groups is 1. The fraction of sp³-hybridized carbons (Fsp3) is 0.213. The maximum absolute atomic E-state index is 14.2. The van der Waals surface area contributed by atoms with Crippen LogP contribution in [0.25, 0.3) is 28.0 Å². The lowest BCUT2D eigenvalue weighted by atomic mass is 9.76. The number of aromatic hydroxyl groups is 1. The van der Waals surface area contributed by atoms with Crippen LogP contribution in [0, 0.1) is 0 Å². The third kappa shape index (κ3) is 6.11. The number of benzene rings is 6. The molecule has 0 fully saturated rings. The van der Waals surface area contributed by atoms with Crippen LogP contribution in [0.4, 0.5) is 18.9 Å². The van der Waals surface area contributed by atoms with E-state index in [2.05, 4.69) is 12.2 Å². The first-order valence-corrected chi connectivity index (χ1v) is 18.6. The van der Waals surface area contributed by atoms with Crippen molar-refractivity contribution in [3.8, 4) is 34.1 Å². The van der Waals surface area contributed by atoms with E-state index in [0.29, 0.717) is 45.7 Å². The summed E-state index contributed by atoms with van der Waals surface area (Å²) in [6, 6.07) is 31.1. The van der Waals surface area contributed by atoms with Gasteiger partial charge in [-0.1, -0.05) is 75.7 Å². The number of rotatable bonds is 9. The molecule has 1 atom stereocenters. The van der Waals surface area contributed by atoms with Gasteiger partial charge in [-0.2, -0.15) is 13.2 Å². The molecule has 2 N–H and O–H groups in total. The number of nitrogens with one attached hydrogen (secondary N) is 1. The number of methoxy groups -OCH3 is 1. The molecule has 0 saturated heterocycles. The number of phenols is 1. The SMILES string of the molecule is CCCCOc1ccc(C2(c3ccc(OC)cc3)C=Cc3c4c(c5cc(NC(=O)c6ccccc6O)ccc5c3O2)-c2ccc(C(F)(F)F)cc2C4(C)C)cc1. The first-order valence-electron chi connectivity index (χ1n) is 18.6. The predicted octanol–water partition coefficient (Wildman–Crippen LogP) is 11.7. The molecule has 2 aliphatic rings. The lowest BCUT2D eigenvalue weighted by Crippen LogP contribution is -2.35. The predicted molar refractivity (Wildman–Crippen MR) is 213 cm³/mol. The van der Waals surface area contributed by atoms with Gasteiger partial charge < -0.3 is 24.6 Å². The van der Waals surface area contributed by atoms with Crippen molar-refractivity contribution in [1.82, 2.24) is 0 Å². The zero-order valence-electron chi connectivity index (χ0n) is 31.4. The Morgan fingerprint density at radius 1 is 0.857 bits per heavy atom. The molecule has 6 aromatic carbocycles. The molecule has 56 heavy (non-hydrogen) atoms. The van der Waals surface area contributed by atoms with Crippen LogP contribution >= 0.6 is 0 Å². The summed E-state index contributed by atoms with van der Waals surface area (Å²) in [5.74, 6) is 1.31. The van der Waals surface area contributed by atoms with Gasteiger partial charge in [-0.3, -0.25) is 4.79 Å². The Bertz CT molecular complexity index is 2520. The van der Waals surface area contributed by atoms with E-state index in [0.717, 1.165) is 52.5 Å². The summed E-state index contributed by atoms with van der Waals surface area (Å²) in [6.07, 6.45) is 1.47. The Labute approximate surface area is 323 Å². The van der Waals surface area contributed by atoms with E-state index in [1.165, 1.54) is 18.2 Å². The van der Waals surface area contributed by atoms with E-state index in [1.54, 1.807) is 31.4 Å². The third-order valence-electron chi connectivity index (χ3n) is 10.9. The number of carbonyl (C=O) groups excluding carboxylic acids is 1. The third-order valence-corrected chi connectivity index (χ3v) is 10.9. The Hall–Kier alpha value is -6.22. The monoisotopic (exact) mass is 755 g/mol. The number of fused-ring (bicyclic) bond motifs is 8. The Balaban J connectivity index is 1.35. The van der Waals surface area contributed by atoms with Crippen LogP contribution in [0.1, 0.15) is 77.4 Å². The minimum atomic E-state index is -4.53. The number of halogens is 3. The van der Waals surface area contributed by atoms with Crippen molar-refractivity contribution < 1.29 is 37.3 Å². The van der Waals surface area contributed by atoms with Crippen LogP contribution in [0.2, 0.25) is 0 Å². The molecule has 284 valence electrons. The van der Waals surface area contributed by atoms with Gasteiger partial charge in [-0.25, -0.2) is 0 Å². The first kappa shape index (κ1) is 36.7. The van der Waals surface area contributed by atoms with E-state index >= 15 is 0 Å². The van der Waals surface area contributed by atoms with E-state index in [-0.39, 0.29) is 11.3 Å². The molecule has 1 amide bonds. The van der Waals surface area contributed by atoms with E-state index < -0.39 is 28.7 Å². The number of unbranched alkanes of at least 4 members (excludes halogenated alkanes) is 1. The van der Waals surface area contributed by atoms with Gasteiger partial charge in [-0.05, 0) is 107 Å². The summed E-state index contributed by atoms with van der Waals surface area (Å²) in [5, 5.41) is 14.7. The number of hydrogen-bond donors (Lipinski definition) is 2. The van der Waals surface area contributed by atoms with Crippen LogP contribution in [0.15, 0.2) is 115 Å². The minimum absolute atomic E-state index is 0.106. The van der Waals surface area contributed by atoms with Crippen molar-refractivity contribution in [3.63, 3.8) is 0 Å². The highest BCUT2D eigenvalue weighted by Crippen LogP contribution is 2.59. The molecular formula is C47H40F3NO5. The molecule has 0 bridgehead atoms. The van der Waals surface area contributed by atoms with Crippen LogP contribution in [-0.4, -0.2) is 24.7 Å². The van der Waals surface area contributed by atoms with Gasteiger partial charge in [0.25, 0.3) is 5.91 Å². The maximum Gasteiger partial charge on any atom is 0.416 e. The smallest absolute Gasteiger partial charge is 0.416 e. The standard InChI is InChI=1S/C47H40F3NO5/c1-5-6-25-55-33-19-13-29(14-20-33)46(28-11-17-32(54-4)18-12-28)24-23-37-42-41(35-21-15-30(47(48,49)50)26-39(35)45(42,2)3)38-27-31(16-22-34(38)43(37)56-46)51-44(53)36-9-7-8-10-40(36)52/h7-24,26-27,52H,5-6,25H2,1-4H3,(H,51,53). The van der Waals surface area contributed by atoms with Crippen LogP contribution < -0.4 is 19.5 Å². The van der Waals surface area contributed by atoms with Gasteiger partial charge in [0.05, 0.1) is 24.8 Å². The molecule has 0 spiro atoms. The van der Waals surface area contributed by atoms with Gasteiger partial charge in [0.2, 0.25) is 0 Å². The lowest BCUT2D eigenvalue weighted by molar-refractivity contribution is -0.137. The number of phenolic OH excluding ortho intramolecular Hbond substituents is 1. The topological polar surface area (TPSA) is 77.0 Å². The van der Waals surface area contributed by atoms with Crippen molar-refractivity contribution in [2.24, 2.45) is 0 Å². The Kier molecular flexibility index (Phi) is 9.06. The second-order valence-electron chi connectivity index (χ2n) is 14.7. The molecule has 0 aromatic heterocycles. The summed E-state index contributed by atoms with van der Waals surface area (Å²) in [5.41, 5.74) is 3.06. The highest BCUT2D eigenvalue weighted by molar-refractivity contribution is 6.12. The minimum Gasteiger partial charge on any atom is -0.507 e. The summed E-state index contributed by atoms with van der Waals surface area (Å²) >= 11 is 0. The highest BCUT2D eigenvalue weighted by atomic mass is 19.4. The van der Waals surface area contributed by atoms with Crippen molar-refractivity contribution in [1.29, 1.82) is 0 Å². The molecule has 1 heterocycles. The summed E-state index contributed by atoms with van der Waals surface area (Å²) in [7, 11) is 1.61. The molecular weight excluding hydrogens is 716 g/mol. The lowest BCUT2D eigenvalue weighted by Gasteiger charge is -2.38. The molecule has 8 rings (SSSR count). The van der Waals surface area contributed by atoms with Crippen molar-refractivity contribution >= 4 is 28.4 Å². The zero-order chi connectivity index (χ0) is 39.4. The average Bonchev–Trinajstić information content (AvgIpc) is 3.44. The van der Waals surface area contributed by atoms with Crippen molar-refractivity contribution in [3.05, 3.63) is 154 Å². The Morgan fingerprint density at radius 2 is 1.55 bits per heavy atom. The number of hydrogen-bond acceptors (Lipinski definition) is 5. The molecule has 6 aromatic rings. The molecule has 0 saturated carbocycles. The summed E-state index contributed by atoms with van der Waals surface area (Å²) < 4.78 is 61.3. The largest absolute Gasteiger partial charge is 0.507 e. The van der Waals surface area contributed by atoms with Gasteiger partial charge in [0, 0.05) is 33.2 Å². The quantitative estimate of drug-likeness (QED) is 0.144. The Morgan fingerprint density at radius 3 is 2.21 bits per heavy atom. The van der Waals surface area contributed by atoms with Crippen LogP contribution in [0.5, 0.6) is 23.0 Å². The highest BCUT2D eigenvalue weighted by Gasteiger charge is 2.45.